The number of halogens is 5. The Bertz CT molecular complexity index is 861. The average Bonchev–Trinajstić information content (AvgIpc) is 2.60. The summed E-state index contributed by atoms with van der Waals surface area (Å²) in [5.74, 6) is -1.07. The van der Waals surface area contributed by atoms with Crippen LogP contribution in [0.3, 0.4) is 0 Å². The molecule has 0 saturated heterocycles. The first kappa shape index (κ1) is 25.4. The van der Waals surface area contributed by atoms with Crippen molar-refractivity contribution in [3.63, 3.8) is 0 Å². The summed E-state index contributed by atoms with van der Waals surface area (Å²) in [5, 5.41) is 8.72. The standard InChI is InChI=1S/C12H14F2O2.C10H12F3N/c1-7(2)10-4-3-8(12(13)14)5-9(10)6-11(15)16;1-6(2)8-5-7(14)3-4-9(8)10(11,12)13/h3-5,7,12H,6H2,1-2H3,(H,15,16);3-6H,14H2,1-2H3. The largest absolute Gasteiger partial charge is 0.481 e. The van der Waals surface area contributed by atoms with Crippen LogP contribution in [-0.4, -0.2) is 11.1 Å². The number of alkyl halides is 5. The van der Waals surface area contributed by atoms with Gasteiger partial charge in [-0.3, -0.25) is 4.79 Å². The van der Waals surface area contributed by atoms with Gasteiger partial charge in [0.05, 0.1) is 12.0 Å². The minimum absolute atomic E-state index is 0.124. The van der Waals surface area contributed by atoms with Crippen molar-refractivity contribution in [2.24, 2.45) is 0 Å². The van der Waals surface area contributed by atoms with Gasteiger partial charge in [0.1, 0.15) is 0 Å². The molecule has 0 aliphatic carbocycles. The third-order valence-electron chi connectivity index (χ3n) is 4.39. The van der Waals surface area contributed by atoms with E-state index in [0.717, 1.165) is 11.6 Å². The summed E-state index contributed by atoms with van der Waals surface area (Å²) in [6.45, 7) is 7.24. The van der Waals surface area contributed by atoms with Crippen molar-refractivity contribution in [3.05, 3.63) is 64.2 Å². The molecule has 166 valence electrons. The number of nitrogens with two attached hydrogens (primary N) is 1. The third-order valence-corrected chi connectivity index (χ3v) is 4.39. The van der Waals surface area contributed by atoms with Crippen LogP contribution in [0.2, 0.25) is 0 Å². The second kappa shape index (κ2) is 10.4. The van der Waals surface area contributed by atoms with Crippen LogP contribution < -0.4 is 5.73 Å². The SMILES string of the molecule is CC(C)c1cc(N)ccc1C(F)(F)F.CC(C)c1ccc(C(F)F)cc1CC(=O)O. The molecule has 0 bridgehead atoms. The van der Waals surface area contributed by atoms with Gasteiger partial charge in [-0.05, 0) is 52.8 Å². The fourth-order valence-electron chi connectivity index (χ4n) is 2.96. The molecule has 3 nitrogen and oxygen atoms in total. The highest BCUT2D eigenvalue weighted by molar-refractivity contribution is 5.71. The maximum absolute atomic E-state index is 12.5. The number of nitrogen functional groups attached to an aromatic ring is 1. The Labute approximate surface area is 172 Å². The number of carboxylic acids is 1. The lowest BCUT2D eigenvalue weighted by Crippen LogP contribution is -2.10. The minimum Gasteiger partial charge on any atom is -0.481 e. The second-order valence-corrected chi connectivity index (χ2v) is 7.48. The van der Waals surface area contributed by atoms with Gasteiger partial charge < -0.3 is 10.8 Å². The number of anilines is 1. The summed E-state index contributed by atoms with van der Waals surface area (Å²) in [4.78, 5) is 10.6. The summed E-state index contributed by atoms with van der Waals surface area (Å²) in [7, 11) is 0. The van der Waals surface area contributed by atoms with E-state index in [1.54, 1.807) is 19.9 Å². The molecule has 0 atom stereocenters. The number of carbonyl (C=O) groups is 1. The van der Waals surface area contributed by atoms with Gasteiger partial charge in [-0.1, -0.05) is 39.8 Å². The number of hydrogen-bond donors (Lipinski definition) is 2. The van der Waals surface area contributed by atoms with Crippen LogP contribution in [0.15, 0.2) is 36.4 Å². The minimum atomic E-state index is -4.30. The Morgan fingerprint density at radius 1 is 0.967 bits per heavy atom. The Balaban J connectivity index is 0.000000303. The van der Waals surface area contributed by atoms with E-state index < -0.39 is 24.1 Å². The predicted octanol–water partition coefficient (Wildman–Crippen LogP) is 6.79. The molecule has 3 N–H and O–H groups in total. The van der Waals surface area contributed by atoms with Gasteiger partial charge in [0.2, 0.25) is 0 Å². The number of aliphatic carboxylic acids is 1. The summed E-state index contributed by atoms with van der Waals surface area (Å²) in [6.07, 6.45) is -7.07. The first-order valence-corrected chi connectivity index (χ1v) is 9.33. The van der Waals surface area contributed by atoms with Gasteiger partial charge in [0, 0.05) is 11.3 Å². The Kier molecular flexibility index (Phi) is 8.81. The van der Waals surface area contributed by atoms with Crippen LogP contribution in [0.4, 0.5) is 27.6 Å². The van der Waals surface area contributed by atoms with Gasteiger partial charge in [0.15, 0.2) is 0 Å². The first-order chi connectivity index (χ1) is 13.7. The molecule has 0 radical (unpaired) electrons. The summed E-state index contributed by atoms with van der Waals surface area (Å²) >= 11 is 0. The maximum Gasteiger partial charge on any atom is 0.416 e. The zero-order chi connectivity index (χ0) is 23.2. The topological polar surface area (TPSA) is 63.3 Å². The molecule has 2 rings (SSSR count). The second-order valence-electron chi connectivity index (χ2n) is 7.48. The molecule has 0 aliphatic rings. The van der Waals surface area contributed by atoms with E-state index in [1.165, 1.54) is 24.3 Å². The molecule has 0 heterocycles. The van der Waals surface area contributed by atoms with Crippen LogP contribution in [-0.2, 0) is 17.4 Å². The van der Waals surface area contributed by atoms with Crippen LogP contribution in [0.1, 0.15) is 73.8 Å². The molecule has 0 saturated carbocycles. The fourth-order valence-corrected chi connectivity index (χ4v) is 2.96. The molecule has 8 heteroatoms. The van der Waals surface area contributed by atoms with Crippen LogP contribution in [0.25, 0.3) is 0 Å². The van der Waals surface area contributed by atoms with E-state index in [9.17, 15) is 26.7 Å². The highest BCUT2D eigenvalue weighted by Crippen LogP contribution is 2.36. The van der Waals surface area contributed by atoms with Crippen molar-refractivity contribution in [2.75, 3.05) is 5.73 Å². The molecular weight excluding hydrogens is 405 g/mol. The van der Waals surface area contributed by atoms with Crippen molar-refractivity contribution >= 4 is 11.7 Å². The lowest BCUT2D eigenvalue weighted by molar-refractivity contribution is -0.138. The zero-order valence-corrected chi connectivity index (χ0v) is 17.2. The van der Waals surface area contributed by atoms with Gasteiger partial charge in [-0.25, -0.2) is 8.78 Å². The first-order valence-electron chi connectivity index (χ1n) is 9.33. The average molecular weight is 431 g/mol. The number of rotatable bonds is 5. The summed E-state index contributed by atoms with van der Waals surface area (Å²) in [6, 6.07) is 7.91. The van der Waals surface area contributed by atoms with Crippen molar-refractivity contribution in [3.8, 4) is 0 Å². The highest BCUT2D eigenvalue weighted by Gasteiger charge is 2.33. The van der Waals surface area contributed by atoms with E-state index in [-0.39, 0.29) is 29.4 Å². The molecule has 30 heavy (non-hydrogen) atoms. The lowest BCUT2D eigenvalue weighted by atomic mass is 9.93. The molecule has 2 aromatic rings. The Hall–Kier alpha value is -2.64. The van der Waals surface area contributed by atoms with Crippen LogP contribution in [0, 0.1) is 0 Å². The van der Waals surface area contributed by atoms with Crippen LogP contribution >= 0.6 is 0 Å². The molecule has 0 spiro atoms. The van der Waals surface area contributed by atoms with Gasteiger partial charge in [-0.2, -0.15) is 13.2 Å². The third kappa shape index (κ3) is 7.31. The van der Waals surface area contributed by atoms with Crippen LogP contribution in [0.5, 0.6) is 0 Å². The van der Waals surface area contributed by atoms with E-state index in [0.29, 0.717) is 11.3 Å². The van der Waals surface area contributed by atoms with E-state index >= 15 is 0 Å². The number of benzene rings is 2. The molecule has 0 unspecified atom stereocenters. The van der Waals surface area contributed by atoms with Gasteiger partial charge >= 0.3 is 12.1 Å². The Morgan fingerprint density at radius 2 is 1.53 bits per heavy atom. The highest BCUT2D eigenvalue weighted by atomic mass is 19.4. The van der Waals surface area contributed by atoms with Crippen molar-refractivity contribution in [1.29, 1.82) is 0 Å². The van der Waals surface area contributed by atoms with E-state index in [4.69, 9.17) is 10.8 Å². The van der Waals surface area contributed by atoms with Crippen molar-refractivity contribution < 1.29 is 31.9 Å². The van der Waals surface area contributed by atoms with E-state index in [2.05, 4.69) is 0 Å². The lowest BCUT2D eigenvalue weighted by Gasteiger charge is -2.15. The normalized spacial score (nSPS) is 11.6. The fraction of sp³-hybridized carbons (Fsp3) is 0.409. The molecule has 0 fully saturated rings. The summed E-state index contributed by atoms with van der Waals surface area (Å²) in [5.41, 5.74) is 6.62. The molecule has 0 aliphatic heterocycles. The Morgan fingerprint density at radius 3 is 1.97 bits per heavy atom. The summed E-state index contributed by atoms with van der Waals surface area (Å²) < 4.78 is 62.4. The van der Waals surface area contributed by atoms with Gasteiger partial charge in [-0.15, -0.1) is 0 Å². The molecule has 2 aromatic carbocycles. The van der Waals surface area contributed by atoms with E-state index in [1.807, 2.05) is 13.8 Å². The monoisotopic (exact) mass is 431 g/mol. The zero-order valence-electron chi connectivity index (χ0n) is 17.2. The number of carboxylic acid groups (broad SMARTS) is 1. The maximum atomic E-state index is 12.5. The molecular formula is C22H26F5NO2. The number of hydrogen-bond acceptors (Lipinski definition) is 2. The van der Waals surface area contributed by atoms with Crippen molar-refractivity contribution in [1.82, 2.24) is 0 Å². The smallest absolute Gasteiger partial charge is 0.416 e. The molecule has 0 amide bonds. The molecule has 0 aromatic heterocycles. The predicted molar refractivity (Wildman–Crippen MR) is 107 cm³/mol. The quantitative estimate of drug-likeness (QED) is 0.405. The van der Waals surface area contributed by atoms with Crippen molar-refractivity contribution in [2.45, 2.75) is 58.6 Å². The van der Waals surface area contributed by atoms with Gasteiger partial charge in [0.25, 0.3) is 6.43 Å².